The van der Waals surface area contributed by atoms with E-state index in [4.69, 9.17) is 10.5 Å². The molecule has 0 aliphatic carbocycles. The molecule has 1 atom stereocenters. The second-order valence-corrected chi connectivity index (χ2v) is 5.52. The highest BCUT2D eigenvalue weighted by Gasteiger charge is 2.29. The first-order valence-electron chi connectivity index (χ1n) is 7.14. The molecule has 3 N–H and O–H groups in total. The molecule has 1 fully saturated rings. The molecule has 3 rings (SSSR count). The summed E-state index contributed by atoms with van der Waals surface area (Å²) in [5, 5.41) is 3.21. The molecule has 1 aromatic rings. The minimum Gasteiger partial charge on any atom is -0.372 e. The molecule has 1 unspecified atom stereocenters. The Bertz CT molecular complexity index is 567. The van der Waals surface area contributed by atoms with Crippen LogP contribution >= 0.6 is 0 Å². The Morgan fingerprint density at radius 3 is 2.86 bits per heavy atom. The van der Waals surface area contributed by atoms with E-state index in [0.717, 1.165) is 24.1 Å². The average molecular weight is 289 g/mol. The molecule has 0 saturated carbocycles. The fourth-order valence-corrected chi connectivity index (χ4v) is 2.91. The maximum Gasteiger partial charge on any atom is 0.254 e. The third-order valence-electron chi connectivity index (χ3n) is 4.03. The van der Waals surface area contributed by atoms with Gasteiger partial charge in [0.05, 0.1) is 19.8 Å². The number of ether oxygens (including phenoxy) is 1. The first-order valence-corrected chi connectivity index (χ1v) is 7.14. The number of carbonyl (C=O) groups is 2. The molecule has 1 aromatic carbocycles. The summed E-state index contributed by atoms with van der Waals surface area (Å²) < 4.78 is 5.37. The zero-order chi connectivity index (χ0) is 14.8. The fourth-order valence-electron chi connectivity index (χ4n) is 2.91. The lowest BCUT2D eigenvalue weighted by Gasteiger charge is -2.27. The van der Waals surface area contributed by atoms with Crippen LogP contribution in [0.3, 0.4) is 0 Å². The quantitative estimate of drug-likeness (QED) is 0.817. The van der Waals surface area contributed by atoms with E-state index in [2.05, 4.69) is 5.32 Å². The van der Waals surface area contributed by atoms with Gasteiger partial charge in [0.15, 0.2) is 0 Å². The summed E-state index contributed by atoms with van der Waals surface area (Å²) >= 11 is 0. The first-order chi connectivity index (χ1) is 10.1. The summed E-state index contributed by atoms with van der Waals surface area (Å²) in [4.78, 5) is 25.6. The van der Waals surface area contributed by atoms with Crippen molar-refractivity contribution in [2.75, 3.05) is 19.6 Å². The molecule has 2 heterocycles. The van der Waals surface area contributed by atoms with E-state index in [1.807, 2.05) is 12.1 Å². The van der Waals surface area contributed by atoms with Crippen LogP contribution in [0.4, 0.5) is 0 Å². The number of rotatable bonds is 4. The minimum atomic E-state index is -0.486. The van der Waals surface area contributed by atoms with Crippen molar-refractivity contribution in [3.8, 4) is 0 Å². The van der Waals surface area contributed by atoms with E-state index < -0.39 is 5.91 Å². The Labute approximate surface area is 123 Å². The second-order valence-electron chi connectivity index (χ2n) is 5.52. The first kappa shape index (κ1) is 14.0. The van der Waals surface area contributed by atoms with Gasteiger partial charge >= 0.3 is 0 Å². The Hall–Kier alpha value is -1.92. The smallest absolute Gasteiger partial charge is 0.254 e. The van der Waals surface area contributed by atoms with Gasteiger partial charge in [-0.1, -0.05) is 6.07 Å². The summed E-state index contributed by atoms with van der Waals surface area (Å²) in [7, 11) is 0. The van der Waals surface area contributed by atoms with Crippen LogP contribution in [0.5, 0.6) is 0 Å². The maximum atomic E-state index is 12.7. The number of hydrogen-bond acceptors (Lipinski definition) is 4. The summed E-state index contributed by atoms with van der Waals surface area (Å²) in [6.07, 6.45) is 0.840. The lowest BCUT2D eigenvalue weighted by molar-refractivity contribution is -0.119. The number of carbonyl (C=O) groups excluding carboxylic acids is 2. The third-order valence-corrected chi connectivity index (χ3v) is 4.03. The zero-order valence-corrected chi connectivity index (χ0v) is 11.8. The predicted octanol–water partition coefficient (Wildman–Crippen LogP) is 0.00620. The molecule has 21 heavy (non-hydrogen) atoms. The number of fused-ring (bicyclic) bond motifs is 1. The lowest BCUT2D eigenvalue weighted by atomic mass is 10.0. The molecule has 2 amide bonds. The Balaban J connectivity index is 1.84. The third kappa shape index (κ3) is 2.91. The number of amides is 2. The number of nitrogens with zero attached hydrogens (tertiary/aromatic N) is 1. The maximum absolute atomic E-state index is 12.7. The lowest BCUT2D eigenvalue weighted by Crippen LogP contribution is -2.46. The van der Waals surface area contributed by atoms with Crippen LogP contribution in [0.1, 0.15) is 27.9 Å². The summed E-state index contributed by atoms with van der Waals surface area (Å²) in [5.74, 6) is -0.628. The van der Waals surface area contributed by atoms with E-state index in [-0.39, 0.29) is 18.5 Å². The highest BCUT2D eigenvalue weighted by Crippen LogP contribution is 2.22. The van der Waals surface area contributed by atoms with Gasteiger partial charge in [-0.25, -0.2) is 0 Å². The number of hydrogen-bond donors (Lipinski definition) is 2. The van der Waals surface area contributed by atoms with Crippen molar-refractivity contribution in [1.82, 2.24) is 10.2 Å². The highest BCUT2D eigenvalue weighted by molar-refractivity contribution is 5.96. The normalized spacial score (nSPS) is 20.3. The Morgan fingerprint density at radius 2 is 2.14 bits per heavy atom. The molecule has 112 valence electrons. The predicted molar refractivity (Wildman–Crippen MR) is 76.4 cm³/mol. The van der Waals surface area contributed by atoms with E-state index in [9.17, 15) is 9.59 Å². The van der Waals surface area contributed by atoms with Gasteiger partial charge in [-0.05, 0) is 36.2 Å². The fraction of sp³-hybridized carbons (Fsp3) is 0.467. The monoisotopic (exact) mass is 289 g/mol. The zero-order valence-electron chi connectivity index (χ0n) is 11.8. The largest absolute Gasteiger partial charge is 0.372 e. The molecule has 0 radical (unpaired) electrons. The molecule has 2 aliphatic heterocycles. The Morgan fingerprint density at radius 1 is 1.33 bits per heavy atom. The van der Waals surface area contributed by atoms with Crippen LogP contribution in [0, 0.1) is 0 Å². The van der Waals surface area contributed by atoms with Gasteiger partial charge in [-0.15, -0.1) is 0 Å². The van der Waals surface area contributed by atoms with Gasteiger partial charge < -0.3 is 20.7 Å². The molecular formula is C15H19N3O3. The molecule has 1 saturated heterocycles. The minimum absolute atomic E-state index is 0.0227. The molecule has 6 nitrogen and oxygen atoms in total. The number of nitrogens with one attached hydrogen (secondary N) is 1. The molecule has 2 aliphatic rings. The van der Waals surface area contributed by atoms with Gasteiger partial charge in [0, 0.05) is 18.2 Å². The van der Waals surface area contributed by atoms with E-state index in [1.54, 1.807) is 11.0 Å². The number of benzene rings is 1. The summed E-state index contributed by atoms with van der Waals surface area (Å²) in [5.41, 5.74) is 8.05. The summed E-state index contributed by atoms with van der Waals surface area (Å²) in [6.45, 7) is 2.65. The van der Waals surface area contributed by atoms with Crippen molar-refractivity contribution in [2.24, 2.45) is 5.73 Å². The van der Waals surface area contributed by atoms with E-state index >= 15 is 0 Å². The topological polar surface area (TPSA) is 84.7 Å². The van der Waals surface area contributed by atoms with Crippen molar-refractivity contribution < 1.29 is 14.3 Å². The van der Waals surface area contributed by atoms with Crippen LogP contribution in [0.25, 0.3) is 0 Å². The van der Waals surface area contributed by atoms with Crippen molar-refractivity contribution in [3.63, 3.8) is 0 Å². The molecule has 6 heteroatoms. The molecule has 0 spiro atoms. The number of primary amides is 1. The number of nitrogens with two attached hydrogens (primary N) is 1. The van der Waals surface area contributed by atoms with Crippen LogP contribution in [0.15, 0.2) is 18.2 Å². The van der Waals surface area contributed by atoms with Crippen molar-refractivity contribution >= 4 is 11.8 Å². The average Bonchev–Trinajstić information content (AvgIpc) is 3.13. The van der Waals surface area contributed by atoms with Crippen LogP contribution in [-0.4, -0.2) is 42.4 Å². The molecular weight excluding hydrogens is 270 g/mol. The van der Waals surface area contributed by atoms with Gasteiger partial charge in [0.25, 0.3) is 5.91 Å². The van der Waals surface area contributed by atoms with Gasteiger partial charge in [0.2, 0.25) is 5.91 Å². The van der Waals surface area contributed by atoms with Crippen molar-refractivity contribution in [2.45, 2.75) is 25.7 Å². The molecule has 0 bridgehead atoms. The van der Waals surface area contributed by atoms with Crippen LogP contribution < -0.4 is 11.1 Å². The van der Waals surface area contributed by atoms with Crippen LogP contribution in [0.2, 0.25) is 0 Å². The second kappa shape index (κ2) is 5.83. The van der Waals surface area contributed by atoms with Crippen LogP contribution in [-0.2, 0) is 22.7 Å². The summed E-state index contributed by atoms with van der Waals surface area (Å²) in [6, 6.07) is 5.60. The van der Waals surface area contributed by atoms with Crippen molar-refractivity contribution in [3.05, 3.63) is 34.9 Å². The van der Waals surface area contributed by atoms with Crippen molar-refractivity contribution in [1.29, 1.82) is 0 Å². The van der Waals surface area contributed by atoms with Gasteiger partial charge in [0.1, 0.15) is 0 Å². The Kier molecular flexibility index (Phi) is 3.90. The van der Waals surface area contributed by atoms with Gasteiger partial charge in [-0.3, -0.25) is 9.59 Å². The van der Waals surface area contributed by atoms with E-state index in [0.29, 0.717) is 25.3 Å². The molecule has 0 aromatic heterocycles. The van der Waals surface area contributed by atoms with E-state index in [1.165, 1.54) is 0 Å². The standard InChI is InChI=1S/C15H19N3O3/c16-14(19)7-18(13-3-4-17-6-13)15(20)10-1-2-11-8-21-9-12(11)5-10/h1-2,5,13,17H,3-4,6-9H2,(H2,16,19). The SMILES string of the molecule is NC(=O)CN(C(=O)c1ccc2c(c1)COC2)C1CCNC1. The van der Waals surface area contributed by atoms with Gasteiger partial charge in [-0.2, -0.15) is 0 Å². The highest BCUT2D eigenvalue weighted by atomic mass is 16.5.